The maximum absolute atomic E-state index is 5.07. The summed E-state index contributed by atoms with van der Waals surface area (Å²) in [7, 11) is 1.64. The molecule has 1 fully saturated rings. The number of ether oxygens (including phenoxy) is 1. The lowest BCUT2D eigenvalue weighted by Crippen LogP contribution is -2.36. The first-order chi connectivity index (χ1) is 8.50. The number of anilines is 1. The van der Waals surface area contributed by atoms with Crippen LogP contribution in [0.4, 0.5) is 5.69 Å². The predicted octanol–water partition coefficient (Wildman–Crippen LogP) is 3.72. The minimum atomic E-state index is 0.496. The maximum Gasteiger partial charge on any atom is 0.213 e. The summed E-state index contributed by atoms with van der Waals surface area (Å²) in [6.07, 6.45) is 5.67. The van der Waals surface area contributed by atoms with Crippen LogP contribution in [0.1, 0.15) is 40.0 Å². The first-order valence-corrected chi connectivity index (χ1v) is 6.77. The summed E-state index contributed by atoms with van der Waals surface area (Å²) in [5.74, 6) is 1.37. The number of methoxy groups -OCH3 is 1. The molecule has 1 aliphatic rings. The summed E-state index contributed by atoms with van der Waals surface area (Å²) >= 11 is 0. The molecule has 18 heavy (non-hydrogen) atoms. The van der Waals surface area contributed by atoms with Gasteiger partial charge in [-0.25, -0.2) is 4.98 Å². The van der Waals surface area contributed by atoms with Gasteiger partial charge in [0.2, 0.25) is 5.88 Å². The number of nitrogens with one attached hydrogen (secondary N) is 1. The van der Waals surface area contributed by atoms with Crippen molar-refractivity contribution >= 4 is 5.69 Å². The van der Waals surface area contributed by atoms with E-state index in [0.29, 0.717) is 23.3 Å². The van der Waals surface area contributed by atoms with Gasteiger partial charge in [-0.2, -0.15) is 0 Å². The third kappa shape index (κ3) is 3.15. The second-order valence-corrected chi connectivity index (χ2v) is 6.22. The molecule has 1 heterocycles. The number of aromatic nitrogens is 1. The number of rotatable bonds is 3. The third-order valence-corrected chi connectivity index (χ3v) is 3.99. The van der Waals surface area contributed by atoms with Gasteiger partial charge < -0.3 is 10.1 Å². The van der Waals surface area contributed by atoms with Gasteiger partial charge in [-0.1, -0.05) is 20.8 Å². The third-order valence-electron chi connectivity index (χ3n) is 3.99. The van der Waals surface area contributed by atoms with E-state index in [2.05, 4.69) is 31.1 Å². The fraction of sp³-hybridized carbons (Fsp3) is 0.667. The molecular weight excluding hydrogens is 224 g/mol. The Bertz CT molecular complexity index is 386. The van der Waals surface area contributed by atoms with Gasteiger partial charge in [0.1, 0.15) is 0 Å². The van der Waals surface area contributed by atoms with Crippen molar-refractivity contribution in [1.29, 1.82) is 0 Å². The average Bonchev–Trinajstić information content (AvgIpc) is 2.33. The van der Waals surface area contributed by atoms with Crippen LogP contribution in [0.2, 0.25) is 0 Å². The average molecular weight is 248 g/mol. The fourth-order valence-corrected chi connectivity index (χ4v) is 2.96. The molecule has 3 heteroatoms. The highest BCUT2D eigenvalue weighted by molar-refractivity contribution is 5.43. The van der Waals surface area contributed by atoms with E-state index in [4.69, 9.17) is 4.74 Å². The lowest BCUT2D eigenvalue weighted by molar-refractivity contribution is 0.177. The van der Waals surface area contributed by atoms with Crippen LogP contribution >= 0.6 is 0 Å². The van der Waals surface area contributed by atoms with Crippen molar-refractivity contribution in [3.8, 4) is 5.88 Å². The van der Waals surface area contributed by atoms with Crippen LogP contribution in [-0.4, -0.2) is 18.1 Å². The molecule has 1 saturated carbocycles. The van der Waals surface area contributed by atoms with E-state index in [9.17, 15) is 0 Å². The van der Waals surface area contributed by atoms with Crippen molar-refractivity contribution in [1.82, 2.24) is 4.98 Å². The van der Waals surface area contributed by atoms with Gasteiger partial charge in [0.05, 0.1) is 19.0 Å². The minimum absolute atomic E-state index is 0.496. The van der Waals surface area contributed by atoms with E-state index in [1.807, 2.05) is 18.3 Å². The van der Waals surface area contributed by atoms with Gasteiger partial charge >= 0.3 is 0 Å². The predicted molar refractivity (Wildman–Crippen MR) is 75.0 cm³/mol. The largest absolute Gasteiger partial charge is 0.481 e. The van der Waals surface area contributed by atoms with E-state index in [-0.39, 0.29) is 0 Å². The van der Waals surface area contributed by atoms with Crippen LogP contribution in [0, 0.1) is 11.3 Å². The zero-order valence-corrected chi connectivity index (χ0v) is 11.9. The van der Waals surface area contributed by atoms with Gasteiger partial charge in [0.25, 0.3) is 0 Å². The normalized spacial score (nSPS) is 26.7. The Morgan fingerprint density at radius 1 is 1.39 bits per heavy atom. The highest BCUT2D eigenvalue weighted by atomic mass is 16.5. The monoisotopic (exact) mass is 248 g/mol. The summed E-state index contributed by atoms with van der Waals surface area (Å²) in [5, 5.41) is 3.60. The fourth-order valence-electron chi connectivity index (χ4n) is 2.96. The molecule has 0 aliphatic heterocycles. The van der Waals surface area contributed by atoms with Gasteiger partial charge in [-0.3, -0.25) is 0 Å². The van der Waals surface area contributed by atoms with Gasteiger partial charge in [-0.05, 0) is 36.7 Å². The van der Waals surface area contributed by atoms with Gasteiger partial charge in [0, 0.05) is 12.1 Å². The van der Waals surface area contributed by atoms with Crippen LogP contribution in [0.15, 0.2) is 18.3 Å². The molecule has 0 saturated heterocycles. The van der Waals surface area contributed by atoms with Crippen LogP contribution in [0.3, 0.4) is 0 Å². The molecule has 0 radical (unpaired) electrons. The Hall–Kier alpha value is -1.25. The Balaban J connectivity index is 1.97. The van der Waals surface area contributed by atoms with E-state index in [0.717, 1.165) is 5.69 Å². The number of hydrogen-bond donors (Lipinski definition) is 1. The van der Waals surface area contributed by atoms with E-state index in [1.165, 1.54) is 19.3 Å². The Morgan fingerprint density at radius 3 is 2.72 bits per heavy atom. The standard InChI is InChI=1S/C15H24N2O/c1-11-9-15(2,3)8-7-13(11)17-12-5-6-14(18-4)16-10-12/h5-6,10-11,13,17H,7-9H2,1-4H3. The van der Waals surface area contributed by atoms with Gasteiger partial charge in [-0.15, -0.1) is 0 Å². The molecule has 1 N–H and O–H groups in total. The molecule has 0 bridgehead atoms. The highest BCUT2D eigenvalue weighted by Crippen LogP contribution is 2.39. The molecule has 1 aromatic heterocycles. The minimum Gasteiger partial charge on any atom is -0.481 e. The quantitative estimate of drug-likeness (QED) is 0.885. The molecule has 3 nitrogen and oxygen atoms in total. The molecule has 2 atom stereocenters. The van der Waals surface area contributed by atoms with Crippen molar-refractivity contribution in [2.24, 2.45) is 11.3 Å². The first-order valence-electron chi connectivity index (χ1n) is 6.77. The van der Waals surface area contributed by atoms with Crippen LogP contribution < -0.4 is 10.1 Å². The smallest absolute Gasteiger partial charge is 0.213 e. The summed E-state index contributed by atoms with van der Waals surface area (Å²) in [6.45, 7) is 7.08. The topological polar surface area (TPSA) is 34.1 Å². The van der Waals surface area contributed by atoms with Crippen molar-refractivity contribution in [3.63, 3.8) is 0 Å². The summed E-state index contributed by atoms with van der Waals surface area (Å²) < 4.78 is 5.07. The number of nitrogens with zero attached hydrogens (tertiary/aromatic N) is 1. The highest BCUT2D eigenvalue weighted by Gasteiger charge is 2.32. The van der Waals surface area contributed by atoms with Crippen LogP contribution in [-0.2, 0) is 0 Å². The second kappa shape index (κ2) is 5.17. The van der Waals surface area contributed by atoms with Crippen molar-refractivity contribution in [3.05, 3.63) is 18.3 Å². The Kier molecular flexibility index (Phi) is 3.79. The first kappa shape index (κ1) is 13.2. The maximum atomic E-state index is 5.07. The molecule has 0 spiro atoms. The van der Waals surface area contributed by atoms with Crippen molar-refractivity contribution < 1.29 is 4.74 Å². The van der Waals surface area contributed by atoms with E-state index >= 15 is 0 Å². The molecule has 0 aromatic carbocycles. The second-order valence-electron chi connectivity index (χ2n) is 6.22. The zero-order valence-electron chi connectivity index (χ0n) is 11.9. The summed E-state index contributed by atoms with van der Waals surface area (Å²) in [6, 6.07) is 4.51. The molecular formula is C15H24N2O. The molecule has 2 rings (SSSR count). The number of hydrogen-bond acceptors (Lipinski definition) is 3. The van der Waals surface area contributed by atoms with Crippen molar-refractivity contribution in [2.75, 3.05) is 12.4 Å². The van der Waals surface area contributed by atoms with E-state index in [1.54, 1.807) is 7.11 Å². The Morgan fingerprint density at radius 2 is 2.17 bits per heavy atom. The lowest BCUT2D eigenvalue weighted by Gasteiger charge is -2.39. The molecule has 1 aliphatic carbocycles. The summed E-state index contributed by atoms with van der Waals surface area (Å²) in [4.78, 5) is 4.23. The Labute approximate surface area is 110 Å². The summed E-state index contributed by atoms with van der Waals surface area (Å²) in [5.41, 5.74) is 1.59. The lowest BCUT2D eigenvalue weighted by atomic mass is 9.70. The molecule has 100 valence electrons. The number of pyridine rings is 1. The van der Waals surface area contributed by atoms with E-state index < -0.39 is 0 Å². The zero-order chi connectivity index (χ0) is 13.2. The van der Waals surface area contributed by atoms with Gasteiger partial charge in [0.15, 0.2) is 0 Å². The molecule has 0 amide bonds. The molecule has 1 aromatic rings. The molecule has 2 unspecified atom stereocenters. The van der Waals surface area contributed by atoms with Crippen LogP contribution in [0.5, 0.6) is 5.88 Å². The SMILES string of the molecule is COc1ccc(NC2CCC(C)(C)CC2C)cn1. The van der Waals surface area contributed by atoms with Crippen LogP contribution in [0.25, 0.3) is 0 Å². The van der Waals surface area contributed by atoms with Crippen molar-refractivity contribution in [2.45, 2.75) is 46.1 Å².